The number of anilines is 1. The Hall–Kier alpha value is -2.98. The van der Waals surface area contributed by atoms with Gasteiger partial charge >= 0.3 is 0 Å². The van der Waals surface area contributed by atoms with Crippen molar-refractivity contribution < 1.29 is 9.90 Å². The minimum Gasteiger partial charge on any atom is -0.396 e. The molecule has 1 amide bonds. The van der Waals surface area contributed by atoms with E-state index >= 15 is 0 Å². The van der Waals surface area contributed by atoms with E-state index in [4.69, 9.17) is 0 Å². The van der Waals surface area contributed by atoms with Gasteiger partial charge < -0.3 is 10.4 Å². The number of fused-ring (bicyclic) bond motifs is 1. The number of pyridine rings is 1. The quantitative estimate of drug-likeness (QED) is 0.717. The minimum absolute atomic E-state index is 0. The summed E-state index contributed by atoms with van der Waals surface area (Å²) in [5, 5.41) is 12.7. The third-order valence-electron chi connectivity index (χ3n) is 4.84. The Balaban J connectivity index is 0.00000210. The molecular formula is C23H24N2O2. The van der Waals surface area contributed by atoms with E-state index in [-0.39, 0.29) is 25.9 Å². The van der Waals surface area contributed by atoms with Gasteiger partial charge in [0.25, 0.3) is 0 Å². The maximum Gasteiger partial charge on any atom is 0.228 e. The highest BCUT2D eigenvalue weighted by Gasteiger charge is 2.18. The Bertz CT molecular complexity index is 938. The molecule has 0 fully saturated rings. The van der Waals surface area contributed by atoms with Gasteiger partial charge in [0.2, 0.25) is 5.91 Å². The molecule has 0 saturated heterocycles. The second-order valence-corrected chi connectivity index (χ2v) is 6.67. The number of hydrogen-bond acceptors (Lipinski definition) is 3. The molecule has 4 heteroatoms. The molecule has 138 valence electrons. The van der Waals surface area contributed by atoms with Crippen molar-refractivity contribution in [1.82, 2.24) is 4.98 Å². The van der Waals surface area contributed by atoms with Crippen LogP contribution in [0.5, 0.6) is 0 Å². The van der Waals surface area contributed by atoms with E-state index in [2.05, 4.69) is 16.4 Å². The van der Waals surface area contributed by atoms with Gasteiger partial charge in [0.1, 0.15) is 0 Å². The maximum atomic E-state index is 11.5. The zero-order valence-corrected chi connectivity index (χ0v) is 14.4. The van der Waals surface area contributed by atoms with Crippen molar-refractivity contribution in [3.8, 4) is 11.1 Å². The average Bonchev–Trinajstić information content (AvgIpc) is 3.06. The van der Waals surface area contributed by atoms with Crippen molar-refractivity contribution in [2.75, 3.05) is 11.9 Å². The summed E-state index contributed by atoms with van der Waals surface area (Å²) in [6, 6.07) is 18.2. The lowest BCUT2D eigenvalue weighted by Gasteiger charge is -2.15. The van der Waals surface area contributed by atoms with E-state index in [1.165, 1.54) is 0 Å². The second kappa shape index (κ2) is 8.14. The van der Waals surface area contributed by atoms with Crippen LogP contribution in [0.25, 0.3) is 11.1 Å². The number of hydrogen-bond donors (Lipinski definition) is 2. The Kier molecular flexibility index (Phi) is 5.67. The molecule has 1 atom stereocenters. The van der Waals surface area contributed by atoms with Gasteiger partial charge in [-0.05, 0) is 40.8 Å². The van der Waals surface area contributed by atoms with Gasteiger partial charge in [-0.15, -0.1) is 0 Å². The van der Waals surface area contributed by atoms with E-state index in [1.807, 2.05) is 60.9 Å². The molecule has 4 nitrogen and oxygen atoms in total. The summed E-state index contributed by atoms with van der Waals surface area (Å²) in [6.07, 6.45) is 4.86. The molecule has 2 N–H and O–H groups in total. The summed E-state index contributed by atoms with van der Waals surface area (Å²) in [6.45, 7) is 0.0963. The fraction of sp³-hybridized carbons (Fsp3) is 0.217. The number of aliphatic hydroxyl groups excluding tert-OH is 1. The first-order chi connectivity index (χ1) is 12.7. The van der Waals surface area contributed by atoms with E-state index in [9.17, 15) is 9.90 Å². The summed E-state index contributed by atoms with van der Waals surface area (Å²) >= 11 is 0. The smallest absolute Gasteiger partial charge is 0.228 e. The number of rotatable bonds is 5. The van der Waals surface area contributed by atoms with Gasteiger partial charge in [0.15, 0.2) is 0 Å². The molecule has 2 aromatic carbocycles. The van der Waals surface area contributed by atoms with Gasteiger partial charge in [-0.3, -0.25) is 9.78 Å². The summed E-state index contributed by atoms with van der Waals surface area (Å²) in [5.41, 5.74) is 6.16. The third kappa shape index (κ3) is 4.07. The lowest BCUT2D eigenvalue weighted by molar-refractivity contribution is -0.115. The largest absolute Gasteiger partial charge is 0.396 e. The molecule has 27 heavy (non-hydrogen) atoms. The number of carbonyl (C=O) groups excluding carboxylic acids is 1. The van der Waals surface area contributed by atoms with Crippen molar-refractivity contribution in [1.29, 1.82) is 0 Å². The zero-order chi connectivity index (χ0) is 17.9. The highest BCUT2D eigenvalue weighted by Crippen LogP contribution is 2.30. The first-order valence-electron chi connectivity index (χ1n) is 8.76. The Labute approximate surface area is 159 Å². The van der Waals surface area contributed by atoms with Crippen molar-refractivity contribution >= 4 is 11.6 Å². The lowest BCUT2D eigenvalue weighted by atomic mass is 9.92. The summed E-state index contributed by atoms with van der Waals surface area (Å²) in [5.74, 6) is 0.0882. The Morgan fingerprint density at radius 3 is 2.63 bits per heavy atom. The Morgan fingerprint density at radius 2 is 1.85 bits per heavy atom. The van der Waals surface area contributed by atoms with Crippen LogP contribution in [-0.2, 0) is 17.6 Å². The molecule has 2 heterocycles. The van der Waals surface area contributed by atoms with Crippen molar-refractivity contribution in [2.24, 2.45) is 0 Å². The van der Waals surface area contributed by atoms with Crippen LogP contribution in [0.3, 0.4) is 0 Å². The first-order valence-corrected chi connectivity index (χ1v) is 8.76. The van der Waals surface area contributed by atoms with E-state index < -0.39 is 0 Å². The molecule has 0 spiro atoms. The number of aliphatic hydroxyl groups is 1. The highest BCUT2D eigenvalue weighted by atomic mass is 16.3. The maximum absolute atomic E-state index is 11.5. The van der Waals surface area contributed by atoms with Crippen LogP contribution in [-0.4, -0.2) is 22.6 Å². The van der Waals surface area contributed by atoms with E-state index in [0.29, 0.717) is 6.42 Å². The SMILES string of the molecule is C.O=C1Cc2ccc(-c3cncc(C[C@@H](CO)c4ccccc4)c3)cc2N1. The van der Waals surface area contributed by atoms with Gasteiger partial charge in [0.05, 0.1) is 13.0 Å². The number of carbonyl (C=O) groups is 1. The Morgan fingerprint density at radius 1 is 1.04 bits per heavy atom. The first kappa shape index (κ1) is 18.8. The van der Waals surface area contributed by atoms with Crippen LogP contribution in [0.15, 0.2) is 67.0 Å². The van der Waals surface area contributed by atoms with Gasteiger partial charge in [-0.1, -0.05) is 49.9 Å². The predicted molar refractivity (Wildman–Crippen MR) is 109 cm³/mol. The van der Waals surface area contributed by atoms with Gasteiger partial charge in [-0.2, -0.15) is 0 Å². The molecular weight excluding hydrogens is 336 g/mol. The molecule has 1 aliphatic rings. The molecule has 0 saturated carbocycles. The highest BCUT2D eigenvalue weighted by molar-refractivity contribution is 5.99. The van der Waals surface area contributed by atoms with Crippen LogP contribution in [0.1, 0.15) is 30.0 Å². The zero-order valence-electron chi connectivity index (χ0n) is 14.4. The summed E-state index contributed by atoms with van der Waals surface area (Å²) in [4.78, 5) is 15.9. The minimum atomic E-state index is 0. The molecule has 3 aromatic rings. The van der Waals surface area contributed by atoms with Crippen LogP contribution < -0.4 is 5.32 Å². The normalized spacial score (nSPS) is 13.4. The summed E-state index contributed by atoms with van der Waals surface area (Å²) in [7, 11) is 0. The van der Waals surface area contributed by atoms with Crippen LogP contribution >= 0.6 is 0 Å². The average molecular weight is 360 g/mol. The number of benzene rings is 2. The fourth-order valence-electron chi connectivity index (χ4n) is 3.45. The molecule has 1 aromatic heterocycles. The van der Waals surface area contributed by atoms with E-state index in [0.717, 1.165) is 39.9 Å². The van der Waals surface area contributed by atoms with Crippen molar-refractivity contribution in [3.63, 3.8) is 0 Å². The topological polar surface area (TPSA) is 62.2 Å². The molecule has 0 radical (unpaired) electrons. The number of nitrogens with one attached hydrogen (secondary N) is 1. The van der Waals surface area contributed by atoms with Gasteiger partial charge in [0, 0.05) is 29.6 Å². The van der Waals surface area contributed by atoms with Crippen LogP contribution in [0.4, 0.5) is 5.69 Å². The molecule has 1 aliphatic heterocycles. The standard InChI is InChI=1S/C22H20N2O2.CH4/c25-14-20(16-4-2-1-3-5-16)9-15-8-19(13-23-12-15)17-6-7-18-11-22(26)24-21(18)10-17;/h1-8,10,12-13,20,25H,9,11,14H2,(H,24,26);1H4/t20-;/m0./s1. The lowest BCUT2D eigenvalue weighted by Crippen LogP contribution is -2.08. The third-order valence-corrected chi connectivity index (χ3v) is 4.84. The number of nitrogens with zero attached hydrogens (tertiary/aromatic N) is 1. The van der Waals surface area contributed by atoms with Crippen molar-refractivity contribution in [3.05, 3.63) is 83.7 Å². The molecule has 0 aliphatic carbocycles. The van der Waals surface area contributed by atoms with Crippen LogP contribution in [0.2, 0.25) is 0 Å². The molecule has 4 rings (SSSR count). The number of aromatic nitrogens is 1. The number of amides is 1. The van der Waals surface area contributed by atoms with E-state index in [1.54, 1.807) is 0 Å². The fourth-order valence-corrected chi connectivity index (χ4v) is 3.45. The predicted octanol–water partition coefficient (Wildman–Crippen LogP) is 4.20. The van der Waals surface area contributed by atoms with Crippen LogP contribution in [0, 0.1) is 0 Å². The second-order valence-electron chi connectivity index (χ2n) is 6.67. The molecule has 0 bridgehead atoms. The van der Waals surface area contributed by atoms with Gasteiger partial charge in [-0.25, -0.2) is 0 Å². The molecule has 0 unspecified atom stereocenters. The summed E-state index contributed by atoms with van der Waals surface area (Å²) < 4.78 is 0. The van der Waals surface area contributed by atoms with Crippen molar-refractivity contribution in [2.45, 2.75) is 26.2 Å². The monoisotopic (exact) mass is 360 g/mol.